The Morgan fingerprint density at radius 2 is 2.22 bits per heavy atom. The number of carbonyl (C=O) groups is 1. The van der Waals surface area contributed by atoms with E-state index in [1.807, 2.05) is 6.07 Å². The first kappa shape index (κ1) is 17.8. The summed E-state index contributed by atoms with van der Waals surface area (Å²) in [4.78, 5) is 12.4. The Morgan fingerprint density at radius 3 is 2.67 bits per heavy atom. The fourth-order valence-electron chi connectivity index (χ4n) is 1.13. The van der Waals surface area contributed by atoms with Gasteiger partial charge in [0.05, 0.1) is 22.8 Å². The highest BCUT2D eigenvalue weighted by molar-refractivity contribution is 9.11. The van der Waals surface area contributed by atoms with Crippen LogP contribution in [0.3, 0.4) is 0 Å². The maximum atomic E-state index is 12.8. The molecule has 1 unspecified atom stereocenters. The lowest BCUT2D eigenvalue weighted by Gasteiger charge is -2.16. The van der Waals surface area contributed by atoms with Gasteiger partial charge < -0.3 is 11.1 Å². The number of rotatable bonds is 5. The van der Waals surface area contributed by atoms with E-state index in [1.54, 1.807) is 13.0 Å². The van der Waals surface area contributed by atoms with Crippen LogP contribution in [0, 0.1) is 0 Å². The molecule has 1 atom stereocenters. The van der Waals surface area contributed by atoms with Crippen molar-refractivity contribution in [2.75, 3.05) is 13.1 Å². The van der Waals surface area contributed by atoms with Crippen LogP contribution in [0.5, 0.6) is 0 Å². The van der Waals surface area contributed by atoms with Gasteiger partial charge in [0.25, 0.3) is 5.92 Å². The van der Waals surface area contributed by atoms with Crippen LogP contribution < -0.4 is 11.1 Å². The highest BCUT2D eigenvalue weighted by Gasteiger charge is 2.28. The Kier molecular flexibility index (Phi) is 7.28. The van der Waals surface area contributed by atoms with Crippen LogP contribution in [0.4, 0.5) is 8.78 Å². The third kappa shape index (κ3) is 5.17. The van der Waals surface area contributed by atoms with Crippen molar-refractivity contribution >= 4 is 45.6 Å². The second kappa shape index (κ2) is 7.37. The molecule has 0 aliphatic rings. The largest absolute Gasteiger partial charge is 0.349 e. The van der Waals surface area contributed by atoms with Gasteiger partial charge in [-0.2, -0.15) is 0 Å². The zero-order chi connectivity index (χ0) is 13.1. The van der Waals surface area contributed by atoms with Crippen molar-refractivity contribution in [2.24, 2.45) is 5.73 Å². The molecule has 3 nitrogen and oxygen atoms in total. The summed E-state index contributed by atoms with van der Waals surface area (Å²) >= 11 is 4.69. The Balaban J connectivity index is 0.00000289. The highest BCUT2D eigenvalue weighted by atomic mass is 79.9. The van der Waals surface area contributed by atoms with Crippen molar-refractivity contribution in [3.8, 4) is 0 Å². The van der Waals surface area contributed by atoms with E-state index in [0.29, 0.717) is 0 Å². The molecule has 3 N–H and O–H groups in total. The molecule has 8 heteroatoms. The van der Waals surface area contributed by atoms with Gasteiger partial charge in [-0.1, -0.05) is 0 Å². The molecular weight excluding hydrogens is 350 g/mol. The quantitative estimate of drug-likeness (QED) is 0.845. The van der Waals surface area contributed by atoms with E-state index in [1.165, 1.54) is 11.3 Å². The summed E-state index contributed by atoms with van der Waals surface area (Å²) in [6.07, 6.45) is 0. The molecule has 0 aromatic carbocycles. The molecule has 0 radical (unpaired) electrons. The van der Waals surface area contributed by atoms with Crippen LogP contribution in [0.15, 0.2) is 15.9 Å². The SMILES string of the molecule is CC(C(=O)NCC(F)(F)CN)c1ccc(Br)s1.Cl. The maximum Gasteiger partial charge on any atom is 0.277 e. The first-order chi connectivity index (χ1) is 7.85. The fraction of sp³-hybridized carbons (Fsp3) is 0.500. The molecule has 0 saturated carbocycles. The molecular formula is C10H14BrClF2N2OS. The maximum absolute atomic E-state index is 12.8. The number of nitrogens with one attached hydrogen (secondary N) is 1. The molecule has 0 fully saturated rings. The summed E-state index contributed by atoms with van der Waals surface area (Å²) in [6, 6.07) is 3.61. The van der Waals surface area contributed by atoms with Crippen molar-refractivity contribution < 1.29 is 13.6 Å². The predicted molar refractivity (Wildman–Crippen MR) is 74.7 cm³/mol. The van der Waals surface area contributed by atoms with Gasteiger partial charge in [0.15, 0.2) is 0 Å². The monoisotopic (exact) mass is 362 g/mol. The number of alkyl halides is 2. The molecule has 0 aliphatic carbocycles. The zero-order valence-electron chi connectivity index (χ0n) is 9.58. The Hall–Kier alpha value is -0.240. The molecule has 104 valence electrons. The second-order valence-corrected chi connectivity index (χ2v) is 6.14. The van der Waals surface area contributed by atoms with Gasteiger partial charge in [0.1, 0.15) is 0 Å². The second-order valence-electron chi connectivity index (χ2n) is 3.64. The summed E-state index contributed by atoms with van der Waals surface area (Å²) in [5.74, 6) is -3.92. The molecule has 0 aliphatic heterocycles. The molecule has 1 rings (SSSR count). The average Bonchev–Trinajstić information content (AvgIpc) is 2.72. The Labute approximate surface area is 123 Å². The lowest BCUT2D eigenvalue weighted by atomic mass is 10.1. The summed E-state index contributed by atoms with van der Waals surface area (Å²) < 4.78 is 26.6. The molecule has 1 heterocycles. The van der Waals surface area contributed by atoms with E-state index in [4.69, 9.17) is 5.73 Å². The van der Waals surface area contributed by atoms with Crippen LogP contribution in [0.2, 0.25) is 0 Å². The van der Waals surface area contributed by atoms with E-state index in [-0.39, 0.29) is 12.4 Å². The molecule has 0 saturated heterocycles. The van der Waals surface area contributed by atoms with Gasteiger partial charge in [-0.25, -0.2) is 8.78 Å². The van der Waals surface area contributed by atoms with E-state index < -0.39 is 30.8 Å². The normalized spacial score (nSPS) is 12.7. The van der Waals surface area contributed by atoms with Gasteiger partial charge in [0, 0.05) is 4.88 Å². The lowest BCUT2D eigenvalue weighted by molar-refractivity contribution is -0.123. The van der Waals surface area contributed by atoms with Crippen molar-refractivity contribution in [1.82, 2.24) is 5.32 Å². The van der Waals surface area contributed by atoms with Crippen molar-refractivity contribution in [2.45, 2.75) is 18.8 Å². The fourth-order valence-corrected chi connectivity index (χ4v) is 2.61. The Bertz CT molecular complexity index is 403. The van der Waals surface area contributed by atoms with Gasteiger partial charge in [0.2, 0.25) is 5.91 Å². The summed E-state index contributed by atoms with van der Waals surface area (Å²) in [5, 5.41) is 2.20. The molecule has 1 aromatic rings. The number of nitrogens with two attached hydrogens (primary N) is 1. The minimum absolute atomic E-state index is 0. The molecule has 0 bridgehead atoms. The molecule has 18 heavy (non-hydrogen) atoms. The smallest absolute Gasteiger partial charge is 0.277 e. The van der Waals surface area contributed by atoms with Gasteiger partial charge in [-0.3, -0.25) is 4.79 Å². The van der Waals surface area contributed by atoms with E-state index in [2.05, 4.69) is 21.2 Å². The van der Waals surface area contributed by atoms with Crippen molar-refractivity contribution in [3.63, 3.8) is 0 Å². The summed E-state index contributed by atoms with van der Waals surface area (Å²) in [6.45, 7) is 0.180. The highest BCUT2D eigenvalue weighted by Crippen LogP contribution is 2.28. The molecule has 0 spiro atoms. The van der Waals surface area contributed by atoms with Crippen LogP contribution in [-0.2, 0) is 4.79 Å². The van der Waals surface area contributed by atoms with E-state index in [9.17, 15) is 13.6 Å². The number of amides is 1. The zero-order valence-corrected chi connectivity index (χ0v) is 12.8. The average molecular weight is 364 g/mol. The van der Waals surface area contributed by atoms with Crippen LogP contribution >= 0.6 is 39.7 Å². The Morgan fingerprint density at radius 1 is 1.61 bits per heavy atom. The number of carbonyl (C=O) groups excluding carboxylic acids is 1. The third-order valence-electron chi connectivity index (χ3n) is 2.23. The van der Waals surface area contributed by atoms with Crippen LogP contribution in [0.25, 0.3) is 0 Å². The number of hydrogen-bond donors (Lipinski definition) is 2. The topological polar surface area (TPSA) is 55.1 Å². The number of halogens is 4. The standard InChI is InChI=1S/C10H13BrF2N2OS.ClH/c1-6(7-2-3-8(11)17-7)9(16)15-5-10(12,13)4-14;/h2-3,6H,4-5,14H2,1H3,(H,15,16);1H. The summed E-state index contributed by atoms with van der Waals surface area (Å²) in [5.41, 5.74) is 4.88. The summed E-state index contributed by atoms with van der Waals surface area (Å²) in [7, 11) is 0. The number of thiophene rings is 1. The lowest BCUT2D eigenvalue weighted by Crippen LogP contribution is -2.42. The first-order valence-corrected chi connectivity index (χ1v) is 6.57. The van der Waals surface area contributed by atoms with Gasteiger partial charge in [-0.15, -0.1) is 23.7 Å². The van der Waals surface area contributed by atoms with E-state index in [0.717, 1.165) is 8.66 Å². The van der Waals surface area contributed by atoms with Crippen molar-refractivity contribution in [3.05, 3.63) is 20.8 Å². The van der Waals surface area contributed by atoms with Crippen molar-refractivity contribution in [1.29, 1.82) is 0 Å². The van der Waals surface area contributed by atoms with Gasteiger partial charge >= 0.3 is 0 Å². The minimum atomic E-state index is -3.05. The first-order valence-electron chi connectivity index (χ1n) is 4.96. The number of hydrogen-bond acceptors (Lipinski definition) is 3. The minimum Gasteiger partial charge on any atom is -0.349 e. The van der Waals surface area contributed by atoms with Crippen LogP contribution in [-0.4, -0.2) is 24.9 Å². The third-order valence-corrected chi connectivity index (χ3v) is 4.04. The van der Waals surface area contributed by atoms with Gasteiger partial charge in [-0.05, 0) is 35.0 Å². The predicted octanol–water partition coefficient (Wildman–Crippen LogP) is 2.75. The molecule has 1 amide bonds. The van der Waals surface area contributed by atoms with Crippen LogP contribution in [0.1, 0.15) is 17.7 Å². The van der Waals surface area contributed by atoms with E-state index >= 15 is 0 Å². The molecule has 1 aromatic heterocycles.